The highest BCUT2D eigenvalue weighted by atomic mass is 35.5. The fraction of sp³-hybridized carbons (Fsp3) is 0.333. The van der Waals surface area contributed by atoms with Crippen molar-refractivity contribution in [2.75, 3.05) is 37.8 Å². The first-order chi connectivity index (χ1) is 15.1. The molecule has 1 fully saturated rings. The highest BCUT2D eigenvalue weighted by Gasteiger charge is 2.17. The number of aliphatic carboxylic acids is 1. The van der Waals surface area contributed by atoms with Crippen molar-refractivity contribution < 1.29 is 19.4 Å². The Hall–Kier alpha value is -2.61. The van der Waals surface area contributed by atoms with E-state index in [1.54, 1.807) is 11.3 Å². The maximum absolute atomic E-state index is 11.2. The number of hydrogen-bond donors (Lipinski definition) is 1. The molecule has 3 aromatic rings. The molecule has 0 bridgehead atoms. The van der Waals surface area contributed by atoms with Gasteiger partial charge in [0.1, 0.15) is 5.75 Å². The summed E-state index contributed by atoms with van der Waals surface area (Å²) in [6, 6.07) is 15.4. The molecule has 8 heteroatoms. The van der Waals surface area contributed by atoms with Gasteiger partial charge in [-0.3, -0.25) is 4.79 Å². The molecule has 0 aliphatic carbocycles. The largest absolute Gasteiger partial charge is 0.493 e. The van der Waals surface area contributed by atoms with E-state index in [9.17, 15) is 9.90 Å². The molecule has 32 heavy (non-hydrogen) atoms. The summed E-state index contributed by atoms with van der Waals surface area (Å²) in [5.74, 6) is -0.0705. The minimum absolute atomic E-state index is 0. The van der Waals surface area contributed by atoms with Crippen LogP contribution >= 0.6 is 23.7 Å². The van der Waals surface area contributed by atoms with Crippen LogP contribution < -0.4 is 9.64 Å². The Morgan fingerprint density at radius 1 is 1.19 bits per heavy atom. The van der Waals surface area contributed by atoms with Gasteiger partial charge in [-0.05, 0) is 35.7 Å². The van der Waals surface area contributed by atoms with Gasteiger partial charge in [-0.2, -0.15) is 0 Å². The fourth-order valence-electron chi connectivity index (χ4n) is 3.67. The van der Waals surface area contributed by atoms with Crippen LogP contribution in [0.5, 0.6) is 5.75 Å². The van der Waals surface area contributed by atoms with Crippen LogP contribution in [0.2, 0.25) is 0 Å². The molecular formula is C24H27ClN2O4S. The van der Waals surface area contributed by atoms with E-state index in [1.807, 2.05) is 48.5 Å². The summed E-state index contributed by atoms with van der Waals surface area (Å²) in [5, 5.41) is 10.2. The van der Waals surface area contributed by atoms with Crippen molar-refractivity contribution in [2.24, 2.45) is 0 Å². The molecule has 0 radical (unpaired) electrons. The summed E-state index contributed by atoms with van der Waals surface area (Å²) >= 11 is 1.73. The third kappa shape index (κ3) is 6.00. The molecule has 0 unspecified atom stereocenters. The first-order valence-corrected chi connectivity index (χ1v) is 11.2. The highest BCUT2D eigenvalue weighted by Crippen LogP contribution is 2.29. The van der Waals surface area contributed by atoms with E-state index in [1.165, 1.54) is 4.88 Å². The van der Waals surface area contributed by atoms with Crippen LogP contribution in [-0.4, -0.2) is 49.0 Å². The van der Waals surface area contributed by atoms with Gasteiger partial charge in [-0.15, -0.1) is 23.7 Å². The van der Waals surface area contributed by atoms with Gasteiger partial charge in [-0.1, -0.05) is 36.4 Å². The summed E-state index contributed by atoms with van der Waals surface area (Å²) in [6.07, 6.45) is 0.738. The van der Waals surface area contributed by atoms with E-state index in [4.69, 9.17) is 14.5 Å². The lowest BCUT2D eigenvalue weighted by molar-refractivity contribution is -0.136. The number of carboxylic acids is 1. The fourth-order valence-corrected chi connectivity index (χ4v) is 4.68. The summed E-state index contributed by atoms with van der Waals surface area (Å²) < 4.78 is 11.4. The third-order valence-corrected chi connectivity index (χ3v) is 6.35. The van der Waals surface area contributed by atoms with E-state index in [2.05, 4.69) is 11.8 Å². The van der Waals surface area contributed by atoms with Gasteiger partial charge in [0, 0.05) is 24.4 Å². The summed E-state index contributed by atoms with van der Waals surface area (Å²) in [7, 11) is 0. The molecular weight excluding hydrogens is 448 g/mol. The van der Waals surface area contributed by atoms with Crippen molar-refractivity contribution in [3.63, 3.8) is 0 Å². The quantitative estimate of drug-likeness (QED) is 0.513. The Kier molecular flexibility index (Phi) is 8.50. The molecule has 1 aliphatic rings. The van der Waals surface area contributed by atoms with Crippen LogP contribution in [0, 0.1) is 6.92 Å². The summed E-state index contributed by atoms with van der Waals surface area (Å²) in [6.45, 7) is 5.92. The van der Waals surface area contributed by atoms with Gasteiger partial charge in [-0.25, -0.2) is 4.98 Å². The molecule has 2 aromatic carbocycles. The predicted octanol–water partition coefficient (Wildman–Crippen LogP) is 4.63. The van der Waals surface area contributed by atoms with E-state index in [-0.39, 0.29) is 18.8 Å². The van der Waals surface area contributed by atoms with Crippen LogP contribution in [0.4, 0.5) is 5.13 Å². The lowest BCUT2D eigenvalue weighted by Gasteiger charge is -2.26. The van der Waals surface area contributed by atoms with Crippen LogP contribution in [0.15, 0.2) is 48.5 Å². The monoisotopic (exact) mass is 474 g/mol. The second kappa shape index (κ2) is 11.3. The van der Waals surface area contributed by atoms with E-state index in [0.717, 1.165) is 66.0 Å². The van der Waals surface area contributed by atoms with Gasteiger partial charge in [0.15, 0.2) is 5.13 Å². The number of carboxylic acid groups (broad SMARTS) is 1. The van der Waals surface area contributed by atoms with Gasteiger partial charge < -0.3 is 19.5 Å². The number of rotatable bonds is 8. The zero-order valence-electron chi connectivity index (χ0n) is 18.0. The van der Waals surface area contributed by atoms with Gasteiger partial charge in [0.2, 0.25) is 0 Å². The predicted molar refractivity (Wildman–Crippen MR) is 130 cm³/mol. The van der Waals surface area contributed by atoms with Gasteiger partial charge in [0.05, 0.1) is 31.9 Å². The average molecular weight is 475 g/mol. The molecule has 1 aromatic heterocycles. The lowest BCUT2D eigenvalue weighted by Crippen LogP contribution is -2.36. The number of halogens is 1. The zero-order valence-corrected chi connectivity index (χ0v) is 19.6. The number of benzene rings is 2. The van der Waals surface area contributed by atoms with Crippen molar-refractivity contribution in [1.82, 2.24) is 4.98 Å². The number of thiazole rings is 1. The van der Waals surface area contributed by atoms with Crippen molar-refractivity contribution in [3.8, 4) is 16.9 Å². The molecule has 1 N–H and O–H groups in total. The molecule has 0 saturated carbocycles. The van der Waals surface area contributed by atoms with Crippen LogP contribution in [0.3, 0.4) is 0 Å². The molecule has 0 atom stereocenters. The number of aryl methyl sites for hydroxylation is 1. The lowest BCUT2D eigenvalue weighted by atomic mass is 9.97. The van der Waals surface area contributed by atoms with Crippen molar-refractivity contribution in [2.45, 2.75) is 19.8 Å². The van der Waals surface area contributed by atoms with Crippen molar-refractivity contribution in [1.29, 1.82) is 0 Å². The van der Waals surface area contributed by atoms with Crippen LogP contribution in [-0.2, 0) is 22.4 Å². The van der Waals surface area contributed by atoms with E-state index >= 15 is 0 Å². The number of carbonyl (C=O) groups is 1. The Bertz CT molecular complexity index is 1050. The Morgan fingerprint density at radius 2 is 1.97 bits per heavy atom. The number of nitrogens with zero attached hydrogens (tertiary/aromatic N) is 2. The highest BCUT2D eigenvalue weighted by molar-refractivity contribution is 7.15. The number of hydrogen-bond acceptors (Lipinski definition) is 6. The van der Waals surface area contributed by atoms with Crippen LogP contribution in [0.25, 0.3) is 11.1 Å². The molecule has 0 spiro atoms. The number of anilines is 1. The maximum Gasteiger partial charge on any atom is 0.307 e. The van der Waals surface area contributed by atoms with Crippen molar-refractivity contribution in [3.05, 3.63) is 64.7 Å². The zero-order chi connectivity index (χ0) is 21.6. The topological polar surface area (TPSA) is 71.9 Å². The standard InChI is InChI=1S/C24H26N2O4S.ClH/c1-17-22(25-24(31-17)26-10-13-29-14-11-26)9-12-30-20-7-4-6-18(15-20)21-8-3-2-5-19(21)16-23(27)28;/h2-8,15H,9-14,16H2,1H3,(H,27,28);1H. The first-order valence-electron chi connectivity index (χ1n) is 10.4. The molecule has 4 rings (SSSR count). The Labute approximate surface area is 198 Å². The second-order valence-electron chi connectivity index (χ2n) is 7.45. The normalized spacial score (nSPS) is 13.5. The van der Waals surface area contributed by atoms with E-state index in [0.29, 0.717) is 6.61 Å². The molecule has 2 heterocycles. The molecule has 0 amide bonds. The SMILES string of the molecule is Cc1sc(N2CCOCC2)nc1CCOc1cccc(-c2ccccc2CC(=O)O)c1.Cl. The van der Waals surface area contributed by atoms with Crippen molar-refractivity contribution >= 4 is 34.8 Å². The van der Waals surface area contributed by atoms with Gasteiger partial charge in [0.25, 0.3) is 0 Å². The molecule has 1 saturated heterocycles. The van der Waals surface area contributed by atoms with Gasteiger partial charge >= 0.3 is 5.97 Å². The second-order valence-corrected chi connectivity index (χ2v) is 8.63. The minimum Gasteiger partial charge on any atom is -0.493 e. The first kappa shape index (κ1) is 24.0. The minimum atomic E-state index is -0.838. The number of aromatic nitrogens is 1. The third-order valence-electron chi connectivity index (χ3n) is 5.27. The Balaban J connectivity index is 0.00000289. The van der Waals surface area contributed by atoms with E-state index < -0.39 is 5.97 Å². The van der Waals surface area contributed by atoms with Crippen LogP contribution in [0.1, 0.15) is 16.1 Å². The average Bonchev–Trinajstić information content (AvgIpc) is 3.15. The Morgan fingerprint density at radius 3 is 2.75 bits per heavy atom. The molecule has 1 aliphatic heterocycles. The number of ether oxygens (including phenoxy) is 2. The summed E-state index contributed by atoms with van der Waals surface area (Å²) in [5.41, 5.74) is 3.74. The molecule has 6 nitrogen and oxygen atoms in total. The molecule has 170 valence electrons. The maximum atomic E-state index is 11.2. The smallest absolute Gasteiger partial charge is 0.307 e. The number of morpholine rings is 1. The summed E-state index contributed by atoms with van der Waals surface area (Å²) in [4.78, 5) is 19.5.